The molecule has 2 aliphatic rings. The first-order valence-electron chi connectivity index (χ1n) is 16.1. The molecule has 2 saturated heterocycles. The summed E-state index contributed by atoms with van der Waals surface area (Å²) in [5, 5.41) is 72.1. The molecule has 2 aromatic heterocycles. The number of aliphatic hydroxyl groups excluding tert-OH is 4. The molecule has 53 heavy (non-hydrogen) atoms. The average Bonchev–Trinajstić information content (AvgIpc) is 3.77. The number of ether oxygens (including phenoxy) is 6. The van der Waals surface area contributed by atoms with Crippen LogP contribution in [0.4, 0.5) is 0 Å². The number of imidazole rings is 1. The normalized spacial score (nSPS) is 29.5. The summed E-state index contributed by atoms with van der Waals surface area (Å²) in [6.45, 7) is 1.72. The second-order valence-corrected chi connectivity index (χ2v) is 13.9. The van der Waals surface area contributed by atoms with E-state index in [1.807, 2.05) is 0 Å². The zero-order chi connectivity index (χ0) is 38.7. The Morgan fingerprint density at radius 1 is 0.811 bits per heavy atom. The SMILES string of the molecule is CCC(O)(OC[C@H]1O[C@@H](n2cnc3c(=N)n(C)cnc32)[C@H](O)[C@@H]1O)OP(O)OP(O)OC(O)(CC)OC[C@H]1O[C@@H](Oc2ccc(OC)cc2)[C@H](O)[C@@H]1O. The number of fused-ring (bicyclic) bond motifs is 1. The Balaban J connectivity index is 1.10. The van der Waals surface area contributed by atoms with Crippen LogP contribution >= 0.6 is 17.2 Å². The van der Waals surface area contributed by atoms with E-state index in [-0.39, 0.29) is 29.5 Å². The van der Waals surface area contributed by atoms with Gasteiger partial charge in [-0.15, -0.1) is 0 Å². The molecule has 0 spiro atoms. The summed E-state index contributed by atoms with van der Waals surface area (Å²) in [4.78, 5) is 29.1. The quantitative estimate of drug-likeness (QED) is 0.0553. The van der Waals surface area contributed by atoms with Crippen molar-refractivity contribution >= 4 is 28.4 Å². The summed E-state index contributed by atoms with van der Waals surface area (Å²) in [7, 11) is -3.18. The molecule has 0 radical (unpaired) electrons. The molecule has 4 heterocycles. The smallest absolute Gasteiger partial charge is 0.341 e. The van der Waals surface area contributed by atoms with E-state index in [0.717, 1.165) is 0 Å². The number of aryl methyl sites for hydroxylation is 1. The first-order chi connectivity index (χ1) is 25.1. The van der Waals surface area contributed by atoms with E-state index in [2.05, 4.69) is 9.97 Å². The first-order valence-corrected chi connectivity index (χ1v) is 18.4. The molecule has 2 fully saturated rings. The highest BCUT2D eigenvalue weighted by molar-refractivity contribution is 7.54. The van der Waals surface area contributed by atoms with Crippen LogP contribution in [0.3, 0.4) is 0 Å². The zero-order valence-corrected chi connectivity index (χ0v) is 30.6. The third-order valence-electron chi connectivity index (χ3n) is 8.36. The molecule has 0 amide bonds. The van der Waals surface area contributed by atoms with E-state index in [0.29, 0.717) is 11.5 Å². The van der Waals surface area contributed by atoms with Gasteiger partial charge >= 0.3 is 17.2 Å². The largest absolute Gasteiger partial charge is 0.497 e. The molecule has 24 heteroatoms. The second-order valence-electron chi connectivity index (χ2n) is 11.9. The number of aromatic nitrogens is 4. The summed E-state index contributed by atoms with van der Waals surface area (Å²) in [6, 6.07) is 6.38. The molecule has 1 aromatic carbocycles. The maximum Gasteiger partial charge on any atom is 0.341 e. The van der Waals surface area contributed by atoms with Crippen LogP contribution in [0.25, 0.3) is 11.2 Å². The Hall–Kier alpha value is -2.57. The van der Waals surface area contributed by atoms with E-state index < -0.39 is 91.5 Å². The van der Waals surface area contributed by atoms with Crippen molar-refractivity contribution in [2.24, 2.45) is 7.05 Å². The van der Waals surface area contributed by atoms with Gasteiger partial charge in [-0.05, 0) is 24.3 Å². The van der Waals surface area contributed by atoms with Crippen molar-refractivity contribution < 1.29 is 82.2 Å². The average molecular weight is 796 g/mol. The fraction of sp³-hybridized carbons (Fsp3) is 0.621. The van der Waals surface area contributed by atoms with Crippen LogP contribution in [0, 0.1) is 5.41 Å². The lowest BCUT2D eigenvalue weighted by molar-refractivity contribution is -0.334. The molecule has 9 N–H and O–H groups in total. The van der Waals surface area contributed by atoms with E-state index in [1.54, 1.807) is 31.3 Å². The van der Waals surface area contributed by atoms with Crippen molar-refractivity contribution in [1.29, 1.82) is 5.41 Å². The third kappa shape index (κ3) is 9.63. The van der Waals surface area contributed by atoms with Crippen molar-refractivity contribution in [3.8, 4) is 11.5 Å². The molecular formula is C29H43N5O17P2. The molecule has 0 bridgehead atoms. The van der Waals surface area contributed by atoms with Gasteiger partial charge < -0.3 is 73.4 Å². The Bertz CT molecular complexity index is 1710. The maximum absolute atomic E-state index is 10.9. The molecule has 3 aromatic rings. The van der Waals surface area contributed by atoms with Crippen LogP contribution in [-0.2, 0) is 39.4 Å². The Morgan fingerprint density at radius 2 is 1.36 bits per heavy atom. The molecule has 2 aliphatic heterocycles. The topological polar surface area (TPSA) is 304 Å². The minimum atomic E-state index is -3.15. The number of methoxy groups -OCH3 is 1. The number of rotatable bonds is 18. The van der Waals surface area contributed by atoms with Crippen LogP contribution in [0.15, 0.2) is 36.9 Å². The molecule has 0 aliphatic carbocycles. The summed E-state index contributed by atoms with van der Waals surface area (Å²) < 4.78 is 50.6. The lowest BCUT2D eigenvalue weighted by Crippen LogP contribution is -2.40. The Kier molecular flexibility index (Phi) is 13.7. The molecule has 0 saturated carbocycles. The van der Waals surface area contributed by atoms with Gasteiger partial charge in [0.25, 0.3) is 11.9 Å². The van der Waals surface area contributed by atoms with Crippen molar-refractivity contribution in [2.75, 3.05) is 20.3 Å². The van der Waals surface area contributed by atoms with E-state index in [9.17, 15) is 40.4 Å². The monoisotopic (exact) mass is 795 g/mol. The van der Waals surface area contributed by atoms with Gasteiger partial charge in [-0.25, -0.2) is 14.3 Å². The van der Waals surface area contributed by atoms with Crippen LogP contribution in [-0.4, -0.2) is 135 Å². The number of hydrogen-bond acceptors (Lipinski definition) is 20. The number of nitrogens with one attached hydrogen (secondary N) is 1. The van der Waals surface area contributed by atoms with Gasteiger partial charge in [-0.1, -0.05) is 13.8 Å². The number of benzene rings is 1. The fourth-order valence-electron chi connectivity index (χ4n) is 5.18. The van der Waals surface area contributed by atoms with Crippen LogP contribution < -0.4 is 15.0 Å². The summed E-state index contributed by atoms with van der Waals surface area (Å²) >= 11 is 0. The van der Waals surface area contributed by atoms with Crippen LogP contribution in [0.2, 0.25) is 0 Å². The van der Waals surface area contributed by atoms with E-state index in [1.165, 1.54) is 42.7 Å². The predicted molar refractivity (Wildman–Crippen MR) is 176 cm³/mol. The van der Waals surface area contributed by atoms with Crippen LogP contribution in [0.5, 0.6) is 11.5 Å². The van der Waals surface area contributed by atoms with Gasteiger partial charge in [0.2, 0.25) is 6.29 Å². The molecule has 5 rings (SSSR count). The van der Waals surface area contributed by atoms with Gasteiger partial charge in [0, 0.05) is 19.9 Å². The third-order valence-corrected chi connectivity index (χ3v) is 10.4. The van der Waals surface area contributed by atoms with E-state index in [4.69, 9.17) is 47.2 Å². The molecule has 12 atom stereocenters. The fourth-order valence-corrected chi connectivity index (χ4v) is 6.78. The van der Waals surface area contributed by atoms with Crippen molar-refractivity contribution in [2.45, 2.75) is 87.8 Å². The van der Waals surface area contributed by atoms with Gasteiger partial charge in [-0.3, -0.25) is 19.0 Å². The number of nitrogens with zero attached hydrogens (tertiary/aromatic N) is 4. The van der Waals surface area contributed by atoms with Gasteiger partial charge in [0.1, 0.15) is 53.6 Å². The molecular weight excluding hydrogens is 752 g/mol. The minimum Gasteiger partial charge on any atom is -0.497 e. The Morgan fingerprint density at radius 3 is 1.92 bits per heavy atom. The van der Waals surface area contributed by atoms with Gasteiger partial charge in [0.05, 0.1) is 33.0 Å². The standard InChI is InChI=1S/C29H43N5O17P2/c1-5-28(39,44-11-17-20(35)22(37)26(47-17)34-14-31-19-24(30)33(3)13-32-25(19)34)49-52(41)51-53(42)50-29(40,6-2)45-12-18-21(36)23(38)27(48-18)46-16-9-7-15(43-4)8-10-16/h7-10,13-14,17-18,20-23,26-27,30,35-42H,5-6,11-12H2,1-4H3/t17-,18-,20-,21-,22-,23-,26-,27-,28?,29?,52?,53?/m1/s1. The summed E-state index contributed by atoms with van der Waals surface area (Å²) in [5.74, 6) is -4.21. The van der Waals surface area contributed by atoms with Crippen molar-refractivity contribution in [1.82, 2.24) is 19.1 Å². The predicted octanol–water partition coefficient (Wildman–Crippen LogP) is -0.964. The van der Waals surface area contributed by atoms with E-state index >= 15 is 0 Å². The molecule has 296 valence electrons. The maximum atomic E-state index is 10.9. The minimum absolute atomic E-state index is 0.0587. The molecule has 4 unspecified atom stereocenters. The highest BCUT2D eigenvalue weighted by Crippen LogP contribution is 2.53. The van der Waals surface area contributed by atoms with Crippen LogP contribution in [0.1, 0.15) is 32.9 Å². The zero-order valence-electron chi connectivity index (χ0n) is 28.8. The molecule has 22 nitrogen and oxygen atoms in total. The second kappa shape index (κ2) is 17.5. The highest BCUT2D eigenvalue weighted by atomic mass is 31.2. The Labute approximate surface area is 304 Å². The summed E-state index contributed by atoms with van der Waals surface area (Å²) in [5.41, 5.74) is 0.509. The van der Waals surface area contributed by atoms with Crippen molar-refractivity contribution in [3.63, 3.8) is 0 Å². The number of aliphatic hydroxyl groups is 6. The first kappa shape index (κ1) is 41.6. The lowest BCUT2D eigenvalue weighted by atomic mass is 10.1. The summed E-state index contributed by atoms with van der Waals surface area (Å²) in [6.07, 6.45) is -8.82. The lowest BCUT2D eigenvalue weighted by Gasteiger charge is -2.31. The van der Waals surface area contributed by atoms with Gasteiger partial charge in [0.15, 0.2) is 17.4 Å². The van der Waals surface area contributed by atoms with Gasteiger partial charge in [-0.2, -0.15) is 0 Å². The van der Waals surface area contributed by atoms with Crippen molar-refractivity contribution in [3.05, 3.63) is 42.4 Å². The highest BCUT2D eigenvalue weighted by Gasteiger charge is 2.48. The number of hydrogen-bond donors (Lipinski definition) is 9.